The van der Waals surface area contributed by atoms with E-state index in [0.29, 0.717) is 0 Å². The Hall–Kier alpha value is -1.69. The molecule has 3 rings (SSSR count). The highest BCUT2D eigenvalue weighted by atomic mass is 32.1. The second-order valence-electron chi connectivity index (χ2n) is 5.18. The Morgan fingerprint density at radius 1 is 1.18 bits per heavy atom. The van der Waals surface area contributed by atoms with Crippen LogP contribution in [0, 0.1) is 0 Å². The standard InChI is InChI=1S/C17H18N2OS2/c1-19(9-13-4-3-5-16(8-13)20-2)10-15-12-22-17(18-15)14-6-7-21-11-14/h3-8,11-12H,9-10H2,1-2H3. The van der Waals surface area contributed by atoms with Crippen molar-refractivity contribution in [2.24, 2.45) is 0 Å². The summed E-state index contributed by atoms with van der Waals surface area (Å²) in [5.41, 5.74) is 3.59. The zero-order valence-electron chi connectivity index (χ0n) is 12.7. The predicted octanol–water partition coefficient (Wildman–Crippen LogP) is 4.51. The first-order valence-electron chi connectivity index (χ1n) is 7.03. The highest BCUT2D eigenvalue weighted by molar-refractivity contribution is 7.14. The average Bonchev–Trinajstić information content (AvgIpc) is 3.18. The lowest BCUT2D eigenvalue weighted by Gasteiger charge is -2.15. The van der Waals surface area contributed by atoms with Crippen LogP contribution in [0.15, 0.2) is 46.5 Å². The average molecular weight is 330 g/mol. The molecule has 0 aliphatic rings. The highest BCUT2D eigenvalue weighted by Crippen LogP contribution is 2.26. The van der Waals surface area contributed by atoms with Crippen LogP contribution in [0.2, 0.25) is 0 Å². The summed E-state index contributed by atoms with van der Waals surface area (Å²) in [5.74, 6) is 0.902. The van der Waals surface area contributed by atoms with Crippen molar-refractivity contribution in [3.63, 3.8) is 0 Å². The van der Waals surface area contributed by atoms with Crippen molar-refractivity contribution in [1.29, 1.82) is 0 Å². The molecule has 0 unspecified atom stereocenters. The lowest BCUT2D eigenvalue weighted by molar-refractivity contribution is 0.315. The van der Waals surface area contributed by atoms with Crippen molar-refractivity contribution in [2.45, 2.75) is 13.1 Å². The van der Waals surface area contributed by atoms with E-state index in [-0.39, 0.29) is 0 Å². The zero-order chi connectivity index (χ0) is 15.4. The smallest absolute Gasteiger partial charge is 0.124 e. The maximum absolute atomic E-state index is 5.27. The van der Waals surface area contributed by atoms with Gasteiger partial charge in [-0.1, -0.05) is 12.1 Å². The van der Waals surface area contributed by atoms with Crippen LogP contribution in [0.3, 0.4) is 0 Å². The largest absolute Gasteiger partial charge is 0.497 e. The van der Waals surface area contributed by atoms with E-state index < -0.39 is 0 Å². The van der Waals surface area contributed by atoms with Crippen molar-refractivity contribution >= 4 is 22.7 Å². The Morgan fingerprint density at radius 3 is 2.86 bits per heavy atom. The minimum absolute atomic E-state index is 0.845. The van der Waals surface area contributed by atoms with Gasteiger partial charge in [0.2, 0.25) is 0 Å². The quantitative estimate of drug-likeness (QED) is 0.665. The number of nitrogens with zero attached hydrogens (tertiary/aromatic N) is 2. The molecule has 0 aliphatic carbocycles. The SMILES string of the molecule is COc1cccc(CN(C)Cc2csc(-c3ccsc3)n2)c1. The molecule has 3 aromatic rings. The van der Waals surface area contributed by atoms with Crippen molar-refractivity contribution in [1.82, 2.24) is 9.88 Å². The van der Waals surface area contributed by atoms with E-state index >= 15 is 0 Å². The number of ether oxygens (including phenoxy) is 1. The van der Waals surface area contributed by atoms with E-state index in [0.717, 1.165) is 29.5 Å². The molecule has 0 N–H and O–H groups in total. The van der Waals surface area contributed by atoms with Crippen molar-refractivity contribution in [3.8, 4) is 16.3 Å². The molecule has 0 amide bonds. The highest BCUT2D eigenvalue weighted by Gasteiger charge is 2.08. The number of benzene rings is 1. The molecular formula is C17H18N2OS2. The second kappa shape index (κ2) is 7.05. The van der Waals surface area contributed by atoms with E-state index in [1.807, 2.05) is 12.1 Å². The number of aromatic nitrogens is 1. The number of rotatable bonds is 6. The molecule has 22 heavy (non-hydrogen) atoms. The van der Waals surface area contributed by atoms with Gasteiger partial charge >= 0.3 is 0 Å². The molecule has 5 heteroatoms. The maximum Gasteiger partial charge on any atom is 0.124 e. The third kappa shape index (κ3) is 3.74. The summed E-state index contributed by atoms with van der Waals surface area (Å²) in [6.07, 6.45) is 0. The van der Waals surface area contributed by atoms with E-state index in [2.05, 4.69) is 46.3 Å². The molecule has 114 valence electrons. The van der Waals surface area contributed by atoms with Gasteiger partial charge in [-0.2, -0.15) is 11.3 Å². The van der Waals surface area contributed by atoms with Gasteiger partial charge in [0, 0.05) is 29.4 Å². The van der Waals surface area contributed by atoms with Gasteiger partial charge in [-0.05, 0) is 36.2 Å². The number of hydrogen-bond acceptors (Lipinski definition) is 5. The minimum Gasteiger partial charge on any atom is -0.497 e. The molecule has 1 aromatic carbocycles. The molecule has 0 aliphatic heterocycles. The van der Waals surface area contributed by atoms with Crippen molar-refractivity contribution in [2.75, 3.05) is 14.2 Å². The van der Waals surface area contributed by atoms with Gasteiger partial charge in [-0.15, -0.1) is 11.3 Å². The summed E-state index contributed by atoms with van der Waals surface area (Å²) in [7, 11) is 3.81. The number of methoxy groups -OCH3 is 1. The summed E-state index contributed by atoms with van der Waals surface area (Å²) in [5, 5.41) is 7.48. The monoisotopic (exact) mass is 330 g/mol. The van der Waals surface area contributed by atoms with E-state index in [4.69, 9.17) is 9.72 Å². The fraction of sp³-hybridized carbons (Fsp3) is 0.235. The first kappa shape index (κ1) is 15.2. The summed E-state index contributed by atoms with van der Waals surface area (Å²) >= 11 is 3.42. The van der Waals surface area contributed by atoms with Crippen molar-refractivity contribution < 1.29 is 4.74 Å². The maximum atomic E-state index is 5.27. The van der Waals surface area contributed by atoms with E-state index in [9.17, 15) is 0 Å². The van der Waals surface area contributed by atoms with Gasteiger partial charge in [-0.25, -0.2) is 4.98 Å². The first-order chi connectivity index (χ1) is 10.7. The van der Waals surface area contributed by atoms with Crippen LogP contribution in [-0.4, -0.2) is 24.0 Å². The Bertz CT molecular complexity index is 722. The Labute approximate surface area is 138 Å². The van der Waals surface area contributed by atoms with Crippen LogP contribution in [0.5, 0.6) is 5.75 Å². The topological polar surface area (TPSA) is 25.4 Å². The fourth-order valence-electron chi connectivity index (χ4n) is 2.31. The lowest BCUT2D eigenvalue weighted by Crippen LogP contribution is -2.17. The Kier molecular flexibility index (Phi) is 4.87. The van der Waals surface area contributed by atoms with Crippen LogP contribution in [0.25, 0.3) is 10.6 Å². The number of thiophene rings is 1. The molecule has 3 nitrogen and oxygen atoms in total. The summed E-state index contributed by atoms with van der Waals surface area (Å²) < 4.78 is 5.27. The molecular weight excluding hydrogens is 312 g/mol. The van der Waals surface area contributed by atoms with Gasteiger partial charge in [0.1, 0.15) is 10.8 Å². The molecule has 0 bridgehead atoms. The van der Waals surface area contributed by atoms with Crippen LogP contribution >= 0.6 is 22.7 Å². The molecule has 0 fully saturated rings. The van der Waals surface area contributed by atoms with Gasteiger partial charge in [0.05, 0.1) is 12.8 Å². The van der Waals surface area contributed by atoms with Gasteiger partial charge in [-0.3, -0.25) is 4.90 Å². The van der Waals surface area contributed by atoms with Gasteiger partial charge in [0.25, 0.3) is 0 Å². The van der Waals surface area contributed by atoms with Gasteiger partial charge in [0.15, 0.2) is 0 Å². The van der Waals surface area contributed by atoms with Gasteiger partial charge < -0.3 is 4.74 Å². The minimum atomic E-state index is 0.845. The van der Waals surface area contributed by atoms with Crippen LogP contribution in [0.1, 0.15) is 11.3 Å². The summed E-state index contributed by atoms with van der Waals surface area (Å²) in [6, 6.07) is 10.3. The predicted molar refractivity (Wildman–Crippen MR) is 93.6 cm³/mol. The lowest BCUT2D eigenvalue weighted by atomic mass is 10.2. The Morgan fingerprint density at radius 2 is 2.09 bits per heavy atom. The molecule has 0 atom stereocenters. The number of thiazole rings is 1. The molecule has 0 radical (unpaired) electrons. The molecule has 0 saturated carbocycles. The van der Waals surface area contributed by atoms with Crippen molar-refractivity contribution in [3.05, 3.63) is 57.7 Å². The summed E-state index contributed by atoms with van der Waals surface area (Å²) in [6.45, 7) is 1.72. The summed E-state index contributed by atoms with van der Waals surface area (Å²) in [4.78, 5) is 6.99. The molecule has 2 aromatic heterocycles. The van der Waals surface area contributed by atoms with Crippen LogP contribution in [-0.2, 0) is 13.1 Å². The van der Waals surface area contributed by atoms with E-state index in [1.165, 1.54) is 11.1 Å². The number of hydrogen-bond donors (Lipinski definition) is 0. The molecule has 0 spiro atoms. The fourth-order valence-corrected chi connectivity index (χ4v) is 3.84. The Balaban J connectivity index is 1.63. The third-order valence-electron chi connectivity index (χ3n) is 3.34. The van der Waals surface area contributed by atoms with Crippen LogP contribution in [0.4, 0.5) is 0 Å². The second-order valence-corrected chi connectivity index (χ2v) is 6.82. The normalized spacial score (nSPS) is 11.0. The third-order valence-corrected chi connectivity index (χ3v) is 4.96. The molecule has 0 saturated heterocycles. The molecule has 2 heterocycles. The van der Waals surface area contributed by atoms with Crippen LogP contribution < -0.4 is 4.74 Å². The zero-order valence-corrected chi connectivity index (χ0v) is 14.3. The first-order valence-corrected chi connectivity index (χ1v) is 8.85. The van der Waals surface area contributed by atoms with E-state index in [1.54, 1.807) is 29.8 Å².